The van der Waals surface area contributed by atoms with Crippen molar-refractivity contribution in [3.8, 4) is 11.5 Å². The molecular formula is C19H29BrN2O3. The van der Waals surface area contributed by atoms with E-state index in [1.165, 1.54) is 6.42 Å². The topological polar surface area (TPSA) is 42.0 Å². The molecule has 1 aromatic carbocycles. The Labute approximate surface area is 159 Å². The highest BCUT2D eigenvalue weighted by Gasteiger charge is 2.24. The van der Waals surface area contributed by atoms with Crippen molar-refractivity contribution in [1.29, 1.82) is 0 Å². The average molecular weight is 413 g/mol. The predicted molar refractivity (Wildman–Crippen MR) is 104 cm³/mol. The third kappa shape index (κ3) is 5.35. The van der Waals surface area contributed by atoms with Crippen LogP contribution in [-0.4, -0.2) is 62.7 Å². The number of piperazine rings is 1. The number of carbonyl (C=O) groups excluding carboxylic acids is 1. The zero-order valence-corrected chi connectivity index (χ0v) is 17.5. The lowest BCUT2D eigenvalue weighted by molar-refractivity contribution is 0.0622. The monoisotopic (exact) mass is 412 g/mol. The molecule has 140 valence electrons. The van der Waals surface area contributed by atoms with Crippen molar-refractivity contribution in [2.45, 2.75) is 27.2 Å². The van der Waals surface area contributed by atoms with Crippen LogP contribution in [0.5, 0.6) is 11.5 Å². The van der Waals surface area contributed by atoms with Gasteiger partial charge in [-0.15, -0.1) is 0 Å². The SMILES string of the molecule is COc1cc(C(=O)N2CCN(CCC(C)(C)C)CC2)cc(OC)c1Br. The van der Waals surface area contributed by atoms with Gasteiger partial charge in [-0.05, 0) is 46.4 Å². The summed E-state index contributed by atoms with van der Waals surface area (Å²) >= 11 is 3.44. The smallest absolute Gasteiger partial charge is 0.254 e. The molecule has 1 aromatic rings. The molecule has 1 fully saturated rings. The largest absolute Gasteiger partial charge is 0.495 e. The van der Waals surface area contributed by atoms with Crippen molar-refractivity contribution in [1.82, 2.24) is 9.80 Å². The molecule has 2 rings (SSSR count). The average Bonchev–Trinajstić information content (AvgIpc) is 2.59. The number of halogens is 1. The molecule has 0 bridgehead atoms. The summed E-state index contributed by atoms with van der Waals surface area (Å²) in [5.74, 6) is 1.23. The van der Waals surface area contributed by atoms with Crippen LogP contribution in [0.15, 0.2) is 16.6 Å². The Morgan fingerprint density at radius 1 is 1.08 bits per heavy atom. The first kappa shape index (κ1) is 20.0. The van der Waals surface area contributed by atoms with Crippen LogP contribution in [0.2, 0.25) is 0 Å². The molecule has 0 atom stereocenters. The summed E-state index contributed by atoms with van der Waals surface area (Å²) in [4.78, 5) is 17.2. The lowest BCUT2D eigenvalue weighted by atomic mass is 9.92. The highest BCUT2D eigenvalue weighted by Crippen LogP contribution is 2.36. The van der Waals surface area contributed by atoms with Crippen LogP contribution in [0.4, 0.5) is 0 Å². The maximum atomic E-state index is 12.9. The minimum atomic E-state index is 0.0274. The quantitative estimate of drug-likeness (QED) is 0.739. The van der Waals surface area contributed by atoms with Crippen LogP contribution < -0.4 is 9.47 Å². The maximum absolute atomic E-state index is 12.9. The second-order valence-electron chi connectivity index (χ2n) is 7.64. The van der Waals surface area contributed by atoms with Crippen LogP contribution in [0.3, 0.4) is 0 Å². The molecule has 1 saturated heterocycles. The summed E-state index contributed by atoms with van der Waals surface area (Å²) in [6, 6.07) is 3.53. The van der Waals surface area contributed by atoms with Gasteiger partial charge in [-0.1, -0.05) is 20.8 Å². The Hall–Kier alpha value is -1.27. The molecular weight excluding hydrogens is 384 g/mol. The van der Waals surface area contributed by atoms with Crippen molar-refractivity contribution in [3.05, 3.63) is 22.2 Å². The molecule has 6 heteroatoms. The van der Waals surface area contributed by atoms with E-state index in [9.17, 15) is 4.79 Å². The van der Waals surface area contributed by atoms with Gasteiger partial charge in [0.15, 0.2) is 0 Å². The third-order valence-corrected chi connectivity index (χ3v) is 5.31. The van der Waals surface area contributed by atoms with Gasteiger partial charge in [0, 0.05) is 31.7 Å². The number of hydrogen-bond donors (Lipinski definition) is 0. The number of benzene rings is 1. The fourth-order valence-corrected chi connectivity index (χ4v) is 3.40. The summed E-state index contributed by atoms with van der Waals surface area (Å²) < 4.78 is 11.4. The van der Waals surface area contributed by atoms with Crippen LogP contribution in [0.25, 0.3) is 0 Å². The van der Waals surface area contributed by atoms with E-state index < -0.39 is 0 Å². The molecule has 0 radical (unpaired) electrons. The second-order valence-corrected chi connectivity index (χ2v) is 8.43. The second kappa shape index (κ2) is 8.41. The van der Waals surface area contributed by atoms with Gasteiger partial charge in [0.2, 0.25) is 0 Å². The van der Waals surface area contributed by atoms with Gasteiger partial charge in [-0.3, -0.25) is 9.69 Å². The van der Waals surface area contributed by atoms with E-state index in [0.717, 1.165) is 37.2 Å². The van der Waals surface area contributed by atoms with Crippen LogP contribution in [0.1, 0.15) is 37.6 Å². The van der Waals surface area contributed by atoms with Gasteiger partial charge < -0.3 is 14.4 Å². The lowest BCUT2D eigenvalue weighted by Gasteiger charge is -2.36. The number of methoxy groups -OCH3 is 2. The minimum absolute atomic E-state index is 0.0274. The van der Waals surface area contributed by atoms with Gasteiger partial charge >= 0.3 is 0 Å². The molecule has 0 aliphatic carbocycles. The lowest BCUT2D eigenvalue weighted by Crippen LogP contribution is -2.49. The third-order valence-electron chi connectivity index (χ3n) is 4.53. The van der Waals surface area contributed by atoms with E-state index in [0.29, 0.717) is 22.5 Å². The first-order valence-corrected chi connectivity index (χ1v) is 9.47. The molecule has 0 unspecified atom stereocenters. The van der Waals surface area contributed by atoms with Gasteiger partial charge in [0.05, 0.1) is 14.2 Å². The Morgan fingerprint density at radius 2 is 1.60 bits per heavy atom. The van der Waals surface area contributed by atoms with Crippen molar-refractivity contribution in [2.24, 2.45) is 5.41 Å². The highest BCUT2D eigenvalue weighted by atomic mass is 79.9. The van der Waals surface area contributed by atoms with Gasteiger partial charge in [-0.25, -0.2) is 0 Å². The number of nitrogens with zero attached hydrogens (tertiary/aromatic N) is 2. The first-order chi connectivity index (χ1) is 11.7. The summed E-state index contributed by atoms with van der Waals surface area (Å²) in [5.41, 5.74) is 0.942. The first-order valence-electron chi connectivity index (χ1n) is 8.68. The molecule has 5 nitrogen and oxygen atoms in total. The van der Waals surface area contributed by atoms with Crippen molar-refractivity contribution < 1.29 is 14.3 Å². The van der Waals surface area contributed by atoms with E-state index in [1.54, 1.807) is 26.4 Å². The Kier molecular flexibility index (Phi) is 6.74. The molecule has 0 aromatic heterocycles. The fraction of sp³-hybridized carbons (Fsp3) is 0.632. The van der Waals surface area contributed by atoms with E-state index in [-0.39, 0.29) is 5.91 Å². The maximum Gasteiger partial charge on any atom is 0.254 e. The molecule has 0 saturated carbocycles. The van der Waals surface area contributed by atoms with Crippen LogP contribution in [-0.2, 0) is 0 Å². The van der Waals surface area contributed by atoms with Crippen LogP contribution in [0, 0.1) is 5.41 Å². The van der Waals surface area contributed by atoms with Gasteiger partial charge in [0.1, 0.15) is 16.0 Å². The highest BCUT2D eigenvalue weighted by molar-refractivity contribution is 9.10. The Bertz CT molecular complexity index is 580. The van der Waals surface area contributed by atoms with E-state index >= 15 is 0 Å². The minimum Gasteiger partial charge on any atom is -0.495 e. The van der Waals surface area contributed by atoms with Gasteiger partial charge in [-0.2, -0.15) is 0 Å². The molecule has 25 heavy (non-hydrogen) atoms. The zero-order chi connectivity index (χ0) is 18.6. The number of ether oxygens (including phenoxy) is 2. The molecule has 1 aliphatic rings. The summed E-state index contributed by atoms with van der Waals surface area (Å²) in [6.45, 7) is 11.2. The summed E-state index contributed by atoms with van der Waals surface area (Å²) in [5, 5.41) is 0. The summed E-state index contributed by atoms with van der Waals surface area (Å²) in [7, 11) is 3.17. The van der Waals surface area contributed by atoms with E-state index in [1.807, 2.05) is 4.90 Å². The van der Waals surface area contributed by atoms with Gasteiger partial charge in [0.25, 0.3) is 5.91 Å². The number of rotatable bonds is 5. The normalized spacial score (nSPS) is 16.0. The molecule has 1 aliphatic heterocycles. The van der Waals surface area contributed by atoms with Crippen molar-refractivity contribution in [3.63, 3.8) is 0 Å². The Morgan fingerprint density at radius 3 is 2.04 bits per heavy atom. The number of hydrogen-bond acceptors (Lipinski definition) is 4. The molecule has 0 N–H and O–H groups in total. The van der Waals surface area contributed by atoms with Crippen molar-refractivity contribution in [2.75, 3.05) is 46.9 Å². The molecule has 1 heterocycles. The standard InChI is InChI=1S/C19H29BrN2O3/c1-19(2,3)6-7-21-8-10-22(11-9-21)18(23)14-12-15(24-4)17(20)16(13-14)25-5/h12-13H,6-11H2,1-5H3. The number of carbonyl (C=O) groups is 1. The predicted octanol–water partition coefficient (Wildman–Crippen LogP) is 3.66. The zero-order valence-electron chi connectivity index (χ0n) is 15.9. The fourth-order valence-electron chi connectivity index (χ4n) is 2.84. The molecule has 0 spiro atoms. The van der Waals surface area contributed by atoms with E-state index in [2.05, 4.69) is 41.6 Å². The van der Waals surface area contributed by atoms with Crippen LogP contribution >= 0.6 is 15.9 Å². The Balaban J connectivity index is 2.01. The number of amides is 1. The van der Waals surface area contributed by atoms with Crippen molar-refractivity contribution >= 4 is 21.8 Å². The molecule has 1 amide bonds. The summed E-state index contributed by atoms with van der Waals surface area (Å²) in [6.07, 6.45) is 1.17. The van der Waals surface area contributed by atoms with E-state index in [4.69, 9.17) is 9.47 Å².